The van der Waals surface area contributed by atoms with Gasteiger partial charge in [0.25, 0.3) is 0 Å². The topological polar surface area (TPSA) is 204 Å². The van der Waals surface area contributed by atoms with Crippen molar-refractivity contribution in [3.63, 3.8) is 0 Å². The highest BCUT2D eigenvalue weighted by molar-refractivity contribution is 7.47. The van der Waals surface area contributed by atoms with Gasteiger partial charge in [-0.25, -0.2) is 4.57 Å². The van der Waals surface area contributed by atoms with E-state index in [0.717, 1.165) is 38.5 Å². The Kier molecular flexibility index (Phi) is 34.6. The minimum atomic E-state index is -4.44. The standard InChI is InChI=1S/C45H84NO12P/c1-3-5-7-8-9-10-11-12-13-14-15-16-17-18-19-20-26-30-44(50)57-39(37-56-59(52,53)55-34-33-46)36-54-43(49)29-25-22-21-24-28-40-41(48)35-45(51)58-42(40)32-31-38(47)27-23-6-4-2/h21,24,31-32,38-42,45,47-48,51H,3-20,22-23,25-30,33-37,46H2,1-2H3,(H,52,53)/b24-21-,32-31+/t38-,39+,40-,41-,42+,45?/m0/s1. The number of ether oxygens (including phenoxy) is 3. The average molecular weight is 862 g/mol. The predicted molar refractivity (Wildman–Crippen MR) is 232 cm³/mol. The van der Waals surface area contributed by atoms with E-state index in [-0.39, 0.29) is 44.9 Å². The van der Waals surface area contributed by atoms with E-state index in [1.54, 1.807) is 12.2 Å². The van der Waals surface area contributed by atoms with E-state index in [9.17, 15) is 34.4 Å². The van der Waals surface area contributed by atoms with Crippen LogP contribution in [0.25, 0.3) is 0 Å². The zero-order valence-corrected chi connectivity index (χ0v) is 37.7. The van der Waals surface area contributed by atoms with Crippen molar-refractivity contribution in [1.29, 1.82) is 0 Å². The van der Waals surface area contributed by atoms with Crippen LogP contribution in [0.1, 0.15) is 187 Å². The van der Waals surface area contributed by atoms with E-state index in [1.165, 1.54) is 83.5 Å². The lowest BCUT2D eigenvalue weighted by Crippen LogP contribution is -2.43. The zero-order chi connectivity index (χ0) is 43.4. The van der Waals surface area contributed by atoms with Crippen LogP contribution in [0.2, 0.25) is 0 Å². The van der Waals surface area contributed by atoms with Gasteiger partial charge in [-0.3, -0.25) is 18.6 Å². The molecule has 346 valence electrons. The van der Waals surface area contributed by atoms with Gasteiger partial charge in [-0.2, -0.15) is 0 Å². The molecule has 2 unspecified atom stereocenters. The highest BCUT2D eigenvalue weighted by Gasteiger charge is 2.35. The van der Waals surface area contributed by atoms with Gasteiger partial charge in [0.2, 0.25) is 0 Å². The van der Waals surface area contributed by atoms with Gasteiger partial charge in [-0.05, 0) is 32.1 Å². The second kappa shape index (κ2) is 36.9. The Morgan fingerprint density at radius 3 is 1.92 bits per heavy atom. The minimum absolute atomic E-state index is 0.0156. The predicted octanol–water partition coefficient (Wildman–Crippen LogP) is 9.27. The van der Waals surface area contributed by atoms with Gasteiger partial charge in [0.1, 0.15) is 6.61 Å². The third-order valence-corrected chi connectivity index (χ3v) is 11.6. The molecular formula is C45H84NO12P. The molecule has 0 spiro atoms. The molecule has 0 amide bonds. The summed E-state index contributed by atoms with van der Waals surface area (Å²) < 4.78 is 38.5. The highest BCUT2D eigenvalue weighted by Crippen LogP contribution is 2.43. The summed E-state index contributed by atoms with van der Waals surface area (Å²) in [4.78, 5) is 35.1. The lowest BCUT2D eigenvalue weighted by molar-refractivity contribution is -0.199. The van der Waals surface area contributed by atoms with Gasteiger partial charge in [0, 0.05) is 31.7 Å². The summed E-state index contributed by atoms with van der Waals surface area (Å²) in [6.45, 7) is 3.34. The van der Waals surface area contributed by atoms with Crippen LogP contribution >= 0.6 is 7.82 Å². The summed E-state index contributed by atoms with van der Waals surface area (Å²) in [6.07, 6.45) is 29.7. The summed E-state index contributed by atoms with van der Waals surface area (Å²) in [5.41, 5.74) is 5.35. The molecule has 1 aliphatic heterocycles. The number of aliphatic hydroxyl groups is 3. The van der Waals surface area contributed by atoms with Gasteiger partial charge >= 0.3 is 19.8 Å². The molecule has 14 heteroatoms. The monoisotopic (exact) mass is 862 g/mol. The number of allylic oxidation sites excluding steroid dienone is 2. The largest absolute Gasteiger partial charge is 0.472 e. The smallest absolute Gasteiger partial charge is 0.462 e. The van der Waals surface area contributed by atoms with Gasteiger partial charge in [-0.15, -0.1) is 0 Å². The van der Waals surface area contributed by atoms with Crippen molar-refractivity contribution in [3.05, 3.63) is 24.3 Å². The maximum absolute atomic E-state index is 12.7. The molecule has 0 aromatic carbocycles. The lowest BCUT2D eigenvalue weighted by Gasteiger charge is -2.36. The van der Waals surface area contributed by atoms with Crippen LogP contribution in [0.5, 0.6) is 0 Å². The van der Waals surface area contributed by atoms with Crippen LogP contribution in [-0.4, -0.2) is 89.2 Å². The molecule has 1 saturated heterocycles. The summed E-state index contributed by atoms with van der Waals surface area (Å²) in [5, 5.41) is 30.9. The third kappa shape index (κ3) is 31.8. The molecule has 1 aliphatic rings. The van der Waals surface area contributed by atoms with Crippen molar-refractivity contribution in [2.45, 2.75) is 218 Å². The Bertz CT molecular complexity index is 1140. The fraction of sp³-hybridized carbons (Fsp3) is 0.867. The van der Waals surface area contributed by atoms with Crippen molar-refractivity contribution >= 4 is 19.8 Å². The second-order valence-electron chi connectivity index (χ2n) is 16.2. The van der Waals surface area contributed by atoms with Crippen LogP contribution in [-0.2, 0) is 37.4 Å². The van der Waals surface area contributed by atoms with E-state index in [4.69, 9.17) is 29.0 Å². The number of rotatable bonds is 39. The number of hydrogen-bond acceptors (Lipinski definition) is 12. The SMILES string of the molecule is CCCCCCCCCCCCCCCCCCCC(=O)O[C@H](COC(=O)CCC/C=C\C[C@H]1[C@@H](O)CC(O)O[C@@H]1/C=C/[C@@H](O)CCCCC)COP(=O)(O)OCCN. The van der Waals surface area contributed by atoms with Crippen molar-refractivity contribution in [3.8, 4) is 0 Å². The summed E-state index contributed by atoms with van der Waals surface area (Å²) in [7, 11) is -4.44. The minimum Gasteiger partial charge on any atom is -0.462 e. The first-order valence-corrected chi connectivity index (χ1v) is 24.7. The van der Waals surface area contributed by atoms with Crippen molar-refractivity contribution < 1.29 is 57.6 Å². The molecule has 6 N–H and O–H groups in total. The first kappa shape index (κ1) is 55.3. The molecular weight excluding hydrogens is 777 g/mol. The molecule has 0 radical (unpaired) electrons. The van der Waals surface area contributed by atoms with Crippen molar-refractivity contribution in [1.82, 2.24) is 0 Å². The molecule has 0 aliphatic carbocycles. The fourth-order valence-corrected chi connectivity index (χ4v) is 7.85. The number of phosphoric ester groups is 1. The van der Waals surface area contributed by atoms with Gasteiger partial charge in [-0.1, -0.05) is 160 Å². The summed E-state index contributed by atoms with van der Waals surface area (Å²) in [6, 6.07) is 0. The first-order chi connectivity index (χ1) is 28.5. The Morgan fingerprint density at radius 1 is 0.763 bits per heavy atom. The van der Waals surface area contributed by atoms with Gasteiger partial charge in [0.15, 0.2) is 12.4 Å². The van der Waals surface area contributed by atoms with Crippen LogP contribution in [0.3, 0.4) is 0 Å². The van der Waals surface area contributed by atoms with Crippen LogP contribution < -0.4 is 5.73 Å². The number of carbonyl (C=O) groups is 2. The molecule has 1 fully saturated rings. The molecule has 1 rings (SSSR count). The number of phosphoric acid groups is 1. The number of unbranched alkanes of at least 4 members (excludes halogenated alkanes) is 19. The normalized spacial score (nSPS) is 20.5. The second-order valence-corrected chi connectivity index (χ2v) is 17.6. The number of nitrogens with two attached hydrogens (primary N) is 1. The summed E-state index contributed by atoms with van der Waals surface area (Å²) in [5.74, 6) is -1.32. The molecule has 0 aromatic rings. The van der Waals surface area contributed by atoms with Crippen molar-refractivity contribution in [2.24, 2.45) is 11.7 Å². The number of hydrogen-bond donors (Lipinski definition) is 5. The van der Waals surface area contributed by atoms with E-state index in [0.29, 0.717) is 32.1 Å². The summed E-state index contributed by atoms with van der Waals surface area (Å²) >= 11 is 0. The molecule has 59 heavy (non-hydrogen) atoms. The Balaban J connectivity index is 2.39. The molecule has 0 saturated carbocycles. The highest BCUT2D eigenvalue weighted by atomic mass is 31.2. The molecule has 1 heterocycles. The molecule has 0 aromatic heterocycles. The quantitative estimate of drug-likeness (QED) is 0.0169. The van der Waals surface area contributed by atoms with E-state index < -0.39 is 57.1 Å². The molecule has 13 nitrogen and oxygen atoms in total. The average Bonchev–Trinajstić information content (AvgIpc) is 3.20. The van der Waals surface area contributed by atoms with E-state index in [2.05, 4.69) is 13.8 Å². The number of aliphatic hydroxyl groups excluding tert-OH is 3. The Hall–Kier alpha value is -1.67. The van der Waals surface area contributed by atoms with Crippen molar-refractivity contribution in [2.75, 3.05) is 26.4 Å². The third-order valence-electron chi connectivity index (χ3n) is 10.6. The Labute approximate surface area is 356 Å². The molecule has 7 atom stereocenters. The van der Waals surface area contributed by atoms with Gasteiger partial charge < -0.3 is 40.2 Å². The lowest BCUT2D eigenvalue weighted by atomic mass is 9.87. The number of esters is 2. The maximum atomic E-state index is 12.7. The van der Waals surface area contributed by atoms with Crippen LogP contribution in [0, 0.1) is 5.92 Å². The zero-order valence-electron chi connectivity index (χ0n) is 36.8. The molecule has 0 bridgehead atoms. The fourth-order valence-electron chi connectivity index (χ4n) is 7.09. The maximum Gasteiger partial charge on any atom is 0.472 e. The Morgan fingerprint density at radius 2 is 1.32 bits per heavy atom. The van der Waals surface area contributed by atoms with E-state index in [1.807, 2.05) is 12.2 Å². The van der Waals surface area contributed by atoms with Gasteiger partial charge in [0.05, 0.1) is 31.5 Å². The van der Waals surface area contributed by atoms with E-state index >= 15 is 0 Å². The van der Waals surface area contributed by atoms with Crippen LogP contribution in [0.15, 0.2) is 24.3 Å². The first-order valence-electron chi connectivity index (χ1n) is 23.2. The number of carbonyl (C=O) groups excluding carboxylic acids is 2. The van der Waals surface area contributed by atoms with Crippen LogP contribution in [0.4, 0.5) is 0 Å².